The number of fused-ring (bicyclic) bond motifs is 1. The summed E-state index contributed by atoms with van der Waals surface area (Å²) in [6, 6.07) is 14.5. The number of ketones is 3. The highest BCUT2D eigenvalue weighted by Gasteiger charge is 2.28. The van der Waals surface area contributed by atoms with Crippen LogP contribution in [0.3, 0.4) is 0 Å². The first kappa shape index (κ1) is 29.1. The predicted molar refractivity (Wildman–Crippen MR) is 129 cm³/mol. The van der Waals surface area contributed by atoms with E-state index in [9.17, 15) is 39.9 Å². The summed E-state index contributed by atoms with van der Waals surface area (Å²) in [5.74, 6) is -6.23. The van der Waals surface area contributed by atoms with Crippen LogP contribution in [0.2, 0.25) is 0 Å². The molecule has 0 amide bonds. The number of aromatic hydroxyl groups is 5. The number of allylic oxidation sites excluding steroid dienone is 2. The molecule has 1 aliphatic carbocycles. The SMILES string of the molecule is O=C(c1ccccc1)c1c(O)c(O)c(O)c(O)c1O.O=C1C=CC(=O)c2ccccc21.[N-]=[N+]=[N-].[N-]=[N+]=[N-]. The molecule has 1 aliphatic rings. The molecule has 0 aromatic heterocycles. The van der Waals surface area contributed by atoms with Crippen LogP contribution < -0.4 is 0 Å². The first-order chi connectivity index (χ1) is 17.6. The minimum Gasteiger partial charge on any atom is -0.504 e. The summed E-state index contributed by atoms with van der Waals surface area (Å²) < 4.78 is 0. The summed E-state index contributed by atoms with van der Waals surface area (Å²) in [6.07, 6.45) is 2.62. The Morgan fingerprint density at radius 3 is 1.27 bits per heavy atom. The van der Waals surface area contributed by atoms with Gasteiger partial charge in [0, 0.05) is 16.7 Å². The lowest BCUT2D eigenvalue weighted by Crippen LogP contribution is -2.10. The van der Waals surface area contributed by atoms with Crippen molar-refractivity contribution in [3.8, 4) is 28.7 Å². The molecule has 0 heterocycles. The Balaban J connectivity index is 0.000000324. The van der Waals surface area contributed by atoms with Gasteiger partial charge in [0.1, 0.15) is 5.56 Å². The van der Waals surface area contributed by atoms with Crippen molar-refractivity contribution in [3.63, 3.8) is 0 Å². The molecule has 3 aromatic rings. The maximum atomic E-state index is 12.1. The van der Waals surface area contributed by atoms with E-state index in [1.54, 1.807) is 42.5 Å². The molecule has 0 unspecified atom stereocenters. The number of hydrogen-bond donors (Lipinski definition) is 5. The Morgan fingerprint density at radius 2 is 0.892 bits per heavy atom. The minimum atomic E-state index is -1.10. The molecule has 37 heavy (non-hydrogen) atoms. The fraction of sp³-hybridized carbons (Fsp3) is 0. The van der Waals surface area contributed by atoms with Crippen LogP contribution in [-0.2, 0) is 0 Å². The Kier molecular flexibility index (Phi) is 10.7. The van der Waals surface area contributed by atoms with E-state index in [0.29, 0.717) is 11.1 Å². The van der Waals surface area contributed by atoms with Crippen molar-refractivity contribution in [1.29, 1.82) is 0 Å². The van der Waals surface area contributed by atoms with E-state index >= 15 is 0 Å². The normalized spacial score (nSPS) is 10.5. The number of hydrogen-bond acceptors (Lipinski definition) is 8. The van der Waals surface area contributed by atoms with Crippen LogP contribution >= 0.6 is 0 Å². The quantitative estimate of drug-likeness (QED) is 0.0805. The zero-order valence-corrected chi connectivity index (χ0v) is 18.5. The monoisotopic (exact) mass is 504 g/mol. The highest BCUT2D eigenvalue weighted by Crippen LogP contribution is 2.51. The third-order valence-corrected chi connectivity index (χ3v) is 4.48. The van der Waals surface area contributed by atoms with Gasteiger partial charge in [0.2, 0.25) is 23.0 Å². The summed E-state index contributed by atoms with van der Waals surface area (Å²) in [7, 11) is 0. The first-order valence-electron chi connectivity index (χ1n) is 9.68. The van der Waals surface area contributed by atoms with Gasteiger partial charge in [-0.25, -0.2) is 0 Å². The molecule has 0 spiro atoms. The number of phenolic OH excluding ortho intramolecular Hbond substituents is 5. The van der Waals surface area contributed by atoms with Crippen molar-refractivity contribution in [2.24, 2.45) is 0 Å². The highest BCUT2D eigenvalue weighted by molar-refractivity contribution is 6.22. The lowest BCUT2D eigenvalue weighted by molar-refractivity contribution is 0.0994. The largest absolute Gasteiger partial charge is 0.504 e. The van der Waals surface area contributed by atoms with Crippen LogP contribution in [-0.4, -0.2) is 42.9 Å². The molecule has 0 aliphatic heterocycles. The van der Waals surface area contributed by atoms with Crippen LogP contribution in [0, 0.1) is 0 Å². The molecule has 5 N–H and O–H groups in total. The minimum absolute atomic E-state index is 0.0924. The van der Waals surface area contributed by atoms with Crippen molar-refractivity contribution >= 4 is 17.3 Å². The van der Waals surface area contributed by atoms with Gasteiger partial charge < -0.3 is 47.7 Å². The van der Waals surface area contributed by atoms with Gasteiger partial charge in [-0.1, -0.05) is 54.6 Å². The lowest BCUT2D eigenvalue weighted by Gasteiger charge is -2.11. The fourth-order valence-electron chi connectivity index (χ4n) is 2.88. The lowest BCUT2D eigenvalue weighted by atomic mass is 9.95. The van der Waals surface area contributed by atoms with Crippen molar-refractivity contribution in [2.75, 3.05) is 0 Å². The molecule has 0 atom stereocenters. The first-order valence-corrected chi connectivity index (χ1v) is 9.68. The highest BCUT2D eigenvalue weighted by atomic mass is 16.4. The number of carbonyl (C=O) groups is 3. The number of phenols is 5. The predicted octanol–water partition coefficient (Wildman–Crippen LogP) is 4.80. The number of nitrogens with zero attached hydrogens (tertiary/aromatic N) is 6. The average molecular weight is 504 g/mol. The molecule has 3 aromatic carbocycles. The molecular weight excluding hydrogens is 488 g/mol. The van der Waals surface area contributed by atoms with Crippen LogP contribution in [0.25, 0.3) is 31.9 Å². The van der Waals surface area contributed by atoms with Crippen LogP contribution in [0.4, 0.5) is 0 Å². The van der Waals surface area contributed by atoms with Gasteiger partial charge in [-0.15, -0.1) is 0 Å². The molecule has 0 saturated heterocycles. The zero-order valence-electron chi connectivity index (χ0n) is 18.5. The van der Waals surface area contributed by atoms with E-state index in [4.69, 9.17) is 22.1 Å². The van der Waals surface area contributed by atoms with Gasteiger partial charge in [-0.2, -0.15) is 0 Å². The standard InChI is InChI=1S/C13H10O6.C10H6O2.2N3/c14-8(6-4-2-1-3-5-6)7-9(15)11(17)13(19)12(18)10(7)16;11-9-5-6-10(12)8-4-2-1-3-7(8)9;2*1-3-2/h1-5,15-19H;1-6H;;/q;;2*-1. The van der Waals surface area contributed by atoms with Crippen molar-refractivity contribution in [3.05, 3.63) is 121 Å². The molecule has 0 fully saturated rings. The fourth-order valence-corrected chi connectivity index (χ4v) is 2.88. The van der Waals surface area contributed by atoms with E-state index in [-0.39, 0.29) is 17.1 Å². The van der Waals surface area contributed by atoms with E-state index in [0.717, 1.165) is 0 Å². The average Bonchev–Trinajstić information content (AvgIpc) is 2.90. The summed E-state index contributed by atoms with van der Waals surface area (Å²) >= 11 is 0. The molecule has 0 bridgehead atoms. The molecule has 14 nitrogen and oxygen atoms in total. The summed E-state index contributed by atoms with van der Waals surface area (Å²) in [6.45, 7) is 0. The Bertz CT molecular complexity index is 1350. The van der Waals surface area contributed by atoms with Crippen LogP contribution in [0.5, 0.6) is 28.7 Å². The Hall–Kier alpha value is -5.97. The van der Waals surface area contributed by atoms with E-state index < -0.39 is 40.1 Å². The Labute approximate surface area is 207 Å². The summed E-state index contributed by atoms with van der Waals surface area (Å²) in [4.78, 5) is 37.5. The molecule has 4 rings (SSSR count). The Morgan fingerprint density at radius 1 is 0.568 bits per heavy atom. The zero-order chi connectivity index (χ0) is 28.1. The molecule has 14 heteroatoms. The maximum Gasteiger partial charge on any atom is 0.208 e. The number of benzene rings is 3. The van der Waals surface area contributed by atoms with Gasteiger partial charge in [0.15, 0.2) is 23.1 Å². The van der Waals surface area contributed by atoms with Crippen molar-refractivity contribution in [2.45, 2.75) is 0 Å². The maximum absolute atomic E-state index is 12.1. The molecule has 188 valence electrons. The van der Waals surface area contributed by atoms with Crippen LogP contribution in [0.15, 0.2) is 66.7 Å². The van der Waals surface area contributed by atoms with Crippen molar-refractivity contribution < 1.29 is 39.9 Å². The molecule has 0 saturated carbocycles. The number of carbonyl (C=O) groups excluding carboxylic acids is 3. The second kappa shape index (κ2) is 13.7. The van der Waals surface area contributed by atoms with Crippen LogP contribution in [0.1, 0.15) is 36.6 Å². The van der Waals surface area contributed by atoms with E-state index in [1.165, 1.54) is 34.1 Å². The summed E-state index contributed by atoms with van der Waals surface area (Å²) in [5.41, 5.74) is 27.5. The van der Waals surface area contributed by atoms with Gasteiger partial charge >= 0.3 is 0 Å². The molecule has 0 radical (unpaired) electrons. The van der Waals surface area contributed by atoms with Gasteiger partial charge in [0.25, 0.3) is 0 Å². The second-order valence-corrected chi connectivity index (χ2v) is 6.60. The third-order valence-electron chi connectivity index (χ3n) is 4.48. The third kappa shape index (κ3) is 7.01. The molecular formula is C23H16N6O8-2. The van der Waals surface area contributed by atoms with Crippen molar-refractivity contribution in [1.82, 2.24) is 0 Å². The van der Waals surface area contributed by atoms with Gasteiger partial charge in [-0.05, 0) is 12.2 Å². The van der Waals surface area contributed by atoms with E-state index in [2.05, 4.69) is 0 Å². The number of rotatable bonds is 2. The topological polar surface area (TPSA) is 270 Å². The smallest absolute Gasteiger partial charge is 0.208 e. The second-order valence-electron chi connectivity index (χ2n) is 6.60. The van der Waals surface area contributed by atoms with E-state index in [1.807, 2.05) is 0 Å². The van der Waals surface area contributed by atoms with Gasteiger partial charge in [-0.3, -0.25) is 24.2 Å². The van der Waals surface area contributed by atoms with Gasteiger partial charge in [0.05, 0.1) is 0 Å². The summed E-state index contributed by atoms with van der Waals surface area (Å²) in [5, 5.41) is 47.2.